The largest absolute Gasteiger partial charge is 0.508 e. The number of aromatic hydroxyl groups is 1. The van der Waals surface area contributed by atoms with Gasteiger partial charge in [0.1, 0.15) is 5.75 Å². The Morgan fingerprint density at radius 1 is 1.19 bits per heavy atom. The van der Waals surface area contributed by atoms with E-state index in [1.165, 1.54) is 4.90 Å². The molecule has 0 spiro atoms. The lowest BCUT2D eigenvalue weighted by Crippen LogP contribution is -2.38. The van der Waals surface area contributed by atoms with Crippen LogP contribution < -0.4 is 0 Å². The third-order valence-electron chi connectivity index (χ3n) is 7.31. The van der Waals surface area contributed by atoms with Crippen molar-refractivity contribution in [1.29, 1.82) is 0 Å². The average Bonchev–Trinajstić information content (AvgIpc) is 3.10. The van der Waals surface area contributed by atoms with Crippen molar-refractivity contribution in [3.05, 3.63) is 71.1 Å². The number of hydrogen-bond acceptors (Lipinski definition) is 6. The van der Waals surface area contributed by atoms with E-state index in [1.54, 1.807) is 24.4 Å². The molecular formula is C29H34N2O5. The highest BCUT2D eigenvalue weighted by molar-refractivity contribution is 6.05. The third kappa shape index (κ3) is 5.13. The molecule has 7 heteroatoms. The van der Waals surface area contributed by atoms with Crippen LogP contribution >= 0.6 is 0 Å². The maximum Gasteiger partial charge on any atom is 0.233 e. The molecular weight excluding hydrogens is 456 g/mol. The van der Waals surface area contributed by atoms with Crippen LogP contribution in [-0.2, 0) is 9.59 Å². The van der Waals surface area contributed by atoms with Crippen LogP contribution in [-0.4, -0.2) is 56.3 Å². The number of carbonyl (C=O) groups excluding carboxylic acids is 2. The maximum atomic E-state index is 13.1. The summed E-state index contributed by atoms with van der Waals surface area (Å²) in [5.41, 5.74) is 4.04. The Bertz CT molecular complexity index is 1170. The molecule has 0 bridgehead atoms. The van der Waals surface area contributed by atoms with Gasteiger partial charge in [0.2, 0.25) is 11.8 Å². The number of rotatable bonds is 9. The van der Waals surface area contributed by atoms with Crippen LogP contribution in [0.15, 0.2) is 59.8 Å². The number of fused-ring (bicyclic) bond motifs is 1. The predicted molar refractivity (Wildman–Crippen MR) is 137 cm³/mol. The number of nitrogens with zero attached hydrogens (tertiary/aromatic N) is 2. The zero-order chi connectivity index (χ0) is 25.8. The van der Waals surface area contributed by atoms with Crippen LogP contribution in [0, 0.1) is 17.8 Å². The highest BCUT2D eigenvalue weighted by atomic mass is 16.3. The normalized spacial score (nSPS) is 23.3. The Labute approximate surface area is 211 Å². The van der Waals surface area contributed by atoms with E-state index < -0.39 is 23.9 Å². The van der Waals surface area contributed by atoms with Gasteiger partial charge in [0.05, 0.1) is 30.2 Å². The van der Waals surface area contributed by atoms with Crippen molar-refractivity contribution in [3.63, 3.8) is 0 Å². The zero-order valence-electron chi connectivity index (χ0n) is 20.8. The number of phenols is 1. The second kappa shape index (κ2) is 11.2. The van der Waals surface area contributed by atoms with Crippen molar-refractivity contribution in [2.45, 2.75) is 45.6 Å². The maximum absolute atomic E-state index is 13.1. The number of phenolic OH excluding ortho intramolecular Hbond substituents is 1. The minimum atomic E-state index is -0.873. The van der Waals surface area contributed by atoms with E-state index in [1.807, 2.05) is 44.2 Å². The summed E-state index contributed by atoms with van der Waals surface area (Å²) in [6.07, 6.45) is 4.74. The zero-order valence-corrected chi connectivity index (χ0v) is 20.8. The van der Waals surface area contributed by atoms with E-state index in [0.717, 1.165) is 22.4 Å². The number of aromatic nitrogens is 1. The van der Waals surface area contributed by atoms with Crippen molar-refractivity contribution in [2.75, 3.05) is 13.2 Å². The quantitative estimate of drug-likeness (QED) is 0.364. The molecule has 2 aliphatic rings. The molecule has 3 N–H and O–H groups in total. The van der Waals surface area contributed by atoms with E-state index in [0.29, 0.717) is 37.8 Å². The van der Waals surface area contributed by atoms with Gasteiger partial charge in [-0.3, -0.25) is 19.5 Å². The van der Waals surface area contributed by atoms with Crippen molar-refractivity contribution < 1.29 is 24.9 Å². The van der Waals surface area contributed by atoms with Gasteiger partial charge in [-0.25, -0.2) is 0 Å². The molecule has 2 aromatic rings. The molecule has 1 aromatic carbocycles. The predicted octanol–water partition coefficient (Wildman–Crippen LogP) is 3.81. The van der Waals surface area contributed by atoms with Crippen LogP contribution in [0.3, 0.4) is 0 Å². The lowest BCUT2D eigenvalue weighted by Gasteiger charge is -2.35. The first-order valence-electron chi connectivity index (χ1n) is 12.6. The van der Waals surface area contributed by atoms with Crippen molar-refractivity contribution in [3.8, 4) is 5.75 Å². The Morgan fingerprint density at radius 2 is 2.00 bits per heavy atom. The molecule has 7 nitrogen and oxygen atoms in total. The Morgan fingerprint density at radius 3 is 2.67 bits per heavy atom. The number of carbonyl (C=O) groups is 2. The first-order chi connectivity index (χ1) is 17.3. The van der Waals surface area contributed by atoms with Gasteiger partial charge in [-0.05, 0) is 79.7 Å². The van der Waals surface area contributed by atoms with Gasteiger partial charge in [0.15, 0.2) is 0 Å². The minimum Gasteiger partial charge on any atom is -0.508 e. The van der Waals surface area contributed by atoms with Crippen LogP contribution in [0.2, 0.25) is 0 Å². The summed E-state index contributed by atoms with van der Waals surface area (Å²) in [4.78, 5) is 31.8. The van der Waals surface area contributed by atoms with Gasteiger partial charge in [-0.1, -0.05) is 30.7 Å². The molecule has 4 rings (SSSR count). The molecule has 0 radical (unpaired) electrons. The third-order valence-corrected chi connectivity index (χ3v) is 7.31. The minimum absolute atomic E-state index is 0.162. The van der Waals surface area contributed by atoms with E-state index >= 15 is 0 Å². The molecule has 2 amide bonds. The molecule has 36 heavy (non-hydrogen) atoms. The molecule has 0 unspecified atom stereocenters. The number of benzene rings is 1. The van der Waals surface area contributed by atoms with E-state index in [4.69, 9.17) is 0 Å². The molecule has 1 fully saturated rings. The van der Waals surface area contributed by atoms with E-state index in [2.05, 4.69) is 4.98 Å². The van der Waals surface area contributed by atoms with Gasteiger partial charge in [-0.15, -0.1) is 0 Å². The second-order valence-electron chi connectivity index (χ2n) is 9.72. The number of amides is 2. The summed E-state index contributed by atoms with van der Waals surface area (Å²) in [6.45, 7) is 3.90. The molecule has 1 saturated heterocycles. The topological polar surface area (TPSA) is 111 Å². The highest BCUT2D eigenvalue weighted by Gasteiger charge is 2.54. The summed E-state index contributed by atoms with van der Waals surface area (Å²) >= 11 is 0. The van der Waals surface area contributed by atoms with Crippen LogP contribution in [0.4, 0.5) is 0 Å². The summed E-state index contributed by atoms with van der Waals surface area (Å²) in [7, 11) is 0. The van der Waals surface area contributed by atoms with E-state index in [-0.39, 0.29) is 24.2 Å². The molecule has 4 atom stereocenters. The number of aliphatic hydroxyl groups is 2. The van der Waals surface area contributed by atoms with Gasteiger partial charge >= 0.3 is 0 Å². The van der Waals surface area contributed by atoms with E-state index in [9.17, 15) is 24.9 Å². The fourth-order valence-electron chi connectivity index (χ4n) is 5.72. The lowest BCUT2D eigenvalue weighted by molar-refractivity contribution is -0.140. The fourth-order valence-corrected chi connectivity index (χ4v) is 5.72. The number of hydrogen-bond donors (Lipinski definition) is 3. The van der Waals surface area contributed by atoms with Crippen LogP contribution in [0.5, 0.6) is 5.75 Å². The molecule has 1 aliphatic heterocycles. The van der Waals surface area contributed by atoms with Gasteiger partial charge in [-0.2, -0.15) is 0 Å². The Balaban J connectivity index is 1.58. The fraction of sp³-hybridized carbons (Fsp3) is 0.414. The molecule has 1 aromatic heterocycles. The van der Waals surface area contributed by atoms with Gasteiger partial charge in [0.25, 0.3) is 0 Å². The number of aliphatic hydroxyl groups excluding tert-OH is 2. The standard InChI is InChI=1S/C29H34N2O5/c1-3-13-31-28(35)22-14-18(2)26(23(17-32)27(22)29(31)36)25(34)11-10-20(24-9-4-5-12-30-24)15-19-7-6-8-21(33)16-19/h4-9,12,15-16,22-23,25,27,32-34H,3,10-11,13-14,17H2,1-2H3/b20-15-/t22-,23+,25-,27-/m1/s1. The SMILES string of the molecule is CCCN1C(=O)[C@@H]2[C@@H](CC(C)=C([C@H](O)CC/C(=C/c3cccc(O)c3)c3ccccn3)[C@@H]2CO)C1=O. The van der Waals surface area contributed by atoms with Crippen molar-refractivity contribution in [1.82, 2.24) is 9.88 Å². The Hall–Kier alpha value is -3.29. The summed E-state index contributed by atoms with van der Waals surface area (Å²) in [5.74, 6) is -1.90. The molecule has 1 aliphatic carbocycles. The van der Waals surface area contributed by atoms with Gasteiger partial charge < -0.3 is 15.3 Å². The number of imide groups is 1. The summed E-state index contributed by atoms with van der Waals surface area (Å²) in [6, 6.07) is 12.6. The van der Waals surface area contributed by atoms with Crippen LogP contribution in [0.25, 0.3) is 11.6 Å². The highest BCUT2D eigenvalue weighted by Crippen LogP contribution is 2.46. The first kappa shape index (κ1) is 25.8. The average molecular weight is 491 g/mol. The summed E-state index contributed by atoms with van der Waals surface area (Å²) in [5, 5.41) is 31.5. The first-order valence-corrected chi connectivity index (χ1v) is 12.6. The molecule has 0 saturated carbocycles. The smallest absolute Gasteiger partial charge is 0.233 e. The number of pyridine rings is 1. The number of likely N-dealkylation sites (tertiary alicyclic amines) is 1. The van der Waals surface area contributed by atoms with Crippen molar-refractivity contribution in [2.24, 2.45) is 17.8 Å². The summed E-state index contributed by atoms with van der Waals surface area (Å²) < 4.78 is 0. The lowest BCUT2D eigenvalue weighted by atomic mass is 9.68. The van der Waals surface area contributed by atoms with Crippen LogP contribution in [0.1, 0.15) is 50.8 Å². The number of allylic oxidation sites excluding steroid dienone is 2. The van der Waals surface area contributed by atoms with Crippen molar-refractivity contribution >= 4 is 23.5 Å². The molecule has 2 heterocycles. The molecule has 190 valence electrons. The second-order valence-corrected chi connectivity index (χ2v) is 9.72. The monoisotopic (exact) mass is 490 g/mol. The van der Waals surface area contributed by atoms with Gasteiger partial charge in [0, 0.05) is 18.7 Å². The Kier molecular flexibility index (Phi) is 8.01.